The first-order valence-electron chi connectivity index (χ1n) is 8.27. The third-order valence-electron chi connectivity index (χ3n) is 3.87. The third kappa shape index (κ3) is 4.39. The molecule has 3 N–H and O–H groups in total. The van der Waals surface area contributed by atoms with E-state index in [1.807, 2.05) is 25.1 Å². The number of nitrogens with one attached hydrogen (secondary N) is 2. The van der Waals surface area contributed by atoms with Gasteiger partial charge in [0.15, 0.2) is 0 Å². The van der Waals surface area contributed by atoms with Crippen molar-refractivity contribution in [2.45, 2.75) is 31.9 Å². The molecule has 3 rings (SSSR count). The maximum Gasteiger partial charge on any atom is 0.225 e. The molecule has 1 aliphatic rings. The molecule has 0 bridgehead atoms. The van der Waals surface area contributed by atoms with Gasteiger partial charge < -0.3 is 20.5 Å². The molecule has 0 spiro atoms. The summed E-state index contributed by atoms with van der Waals surface area (Å²) >= 11 is 0. The van der Waals surface area contributed by atoms with Crippen LogP contribution in [0.15, 0.2) is 30.6 Å². The first-order chi connectivity index (χ1) is 11.7. The van der Waals surface area contributed by atoms with E-state index < -0.39 is 0 Å². The predicted octanol–water partition coefficient (Wildman–Crippen LogP) is 1.92. The highest BCUT2D eigenvalue weighted by Gasteiger charge is 2.16. The molecule has 0 unspecified atom stereocenters. The monoisotopic (exact) mass is 329 g/mol. The summed E-state index contributed by atoms with van der Waals surface area (Å²) in [4.78, 5) is 13.2. The van der Waals surface area contributed by atoms with E-state index in [9.17, 15) is 5.11 Å². The molecule has 128 valence electrons. The summed E-state index contributed by atoms with van der Waals surface area (Å²) < 4.78 is 5.64. The highest BCUT2D eigenvalue weighted by atomic mass is 16.5. The van der Waals surface area contributed by atoms with Crippen LogP contribution >= 0.6 is 0 Å². The SMILES string of the molecule is C[C@@H](CO)Nc1nc(NC[C@@H]2CCCO2)cc(-c2cccnc2)n1. The lowest BCUT2D eigenvalue weighted by Gasteiger charge is -2.15. The van der Waals surface area contributed by atoms with Crippen LogP contribution in [0.1, 0.15) is 19.8 Å². The van der Waals surface area contributed by atoms with Gasteiger partial charge in [-0.3, -0.25) is 4.98 Å². The zero-order valence-electron chi connectivity index (χ0n) is 13.8. The Balaban J connectivity index is 1.81. The lowest BCUT2D eigenvalue weighted by Crippen LogP contribution is -2.22. The van der Waals surface area contributed by atoms with Gasteiger partial charge in [0.05, 0.1) is 18.4 Å². The second-order valence-corrected chi connectivity index (χ2v) is 5.95. The van der Waals surface area contributed by atoms with Gasteiger partial charge in [0.25, 0.3) is 0 Å². The van der Waals surface area contributed by atoms with Gasteiger partial charge in [0, 0.05) is 43.2 Å². The van der Waals surface area contributed by atoms with Crippen molar-refractivity contribution >= 4 is 11.8 Å². The number of nitrogens with zero attached hydrogens (tertiary/aromatic N) is 3. The number of aliphatic hydroxyl groups excluding tert-OH is 1. The summed E-state index contributed by atoms with van der Waals surface area (Å²) in [5, 5.41) is 15.7. The standard InChI is InChI=1S/C17H23N5O2/c1-12(11-23)20-17-21-15(13-4-2-6-18-9-13)8-16(22-17)19-10-14-5-3-7-24-14/h2,4,6,8-9,12,14,23H,3,5,7,10-11H2,1H3,(H2,19,20,21,22)/t12-,14-/m0/s1. The number of aromatic nitrogens is 3. The minimum atomic E-state index is -0.125. The Morgan fingerprint density at radius 3 is 3.04 bits per heavy atom. The first-order valence-corrected chi connectivity index (χ1v) is 8.27. The summed E-state index contributed by atoms with van der Waals surface area (Å²) in [6.45, 7) is 3.44. The maximum atomic E-state index is 9.24. The summed E-state index contributed by atoms with van der Waals surface area (Å²) in [5.41, 5.74) is 1.69. The van der Waals surface area contributed by atoms with Gasteiger partial charge in [-0.2, -0.15) is 4.98 Å². The Kier molecular flexibility index (Phi) is 5.55. The quantitative estimate of drug-likeness (QED) is 0.714. The van der Waals surface area contributed by atoms with Gasteiger partial charge in [-0.15, -0.1) is 0 Å². The van der Waals surface area contributed by atoms with E-state index >= 15 is 0 Å². The molecule has 1 fully saturated rings. The molecular weight excluding hydrogens is 306 g/mol. The molecule has 2 aromatic rings. The smallest absolute Gasteiger partial charge is 0.225 e. The zero-order chi connectivity index (χ0) is 16.8. The highest BCUT2D eigenvalue weighted by molar-refractivity contribution is 5.63. The van der Waals surface area contributed by atoms with E-state index in [1.54, 1.807) is 12.4 Å². The number of ether oxygens (including phenoxy) is 1. The molecule has 24 heavy (non-hydrogen) atoms. The second kappa shape index (κ2) is 8.03. The van der Waals surface area contributed by atoms with Crippen LogP contribution in [0.25, 0.3) is 11.3 Å². The number of rotatable bonds is 7. The molecule has 0 aliphatic carbocycles. The van der Waals surface area contributed by atoms with Gasteiger partial charge in [0.2, 0.25) is 5.95 Å². The molecule has 0 aromatic carbocycles. The minimum absolute atomic E-state index is 0.0131. The van der Waals surface area contributed by atoms with Crippen LogP contribution in [-0.4, -0.2) is 52.0 Å². The molecule has 1 saturated heterocycles. The van der Waals surface area contributed by atoms with Crippen LogP contribution < -0.4 is 10.6 Å². The van der Waals surface area contributed by atoms with Crippen molar-refractivity contribution < 1.29 is 9.84 Å². The number of pyridine rings is 1. The molecule has 0 amide bonds. The van der Waals surface area contributed by atoms with Gasteiger partial charge in [-0.05, 0) is 31.9 Å². The lowest BCUT2D eigenvalue weighted by molar-refractivity contribution is 0.120. The van der Waals surface area contributed by atoms with Crippen LogP contribution in [0, 0.1) is 0 Å². The van der Waals surface area contributed by atoms with Crippen molar-refractivity contribution in [1.82, 2.24) is 15.0 Å². The third-order valence-corrected chi connectivity index (χ3v) is 3.87. The summed E-state index contributed by atoms with van der Waals surface area (Å²) in [6.07, 6.45) is 5.91. The molecule has 2 atom stereocenters. The van der Waals surface area contributed by atoms with Crippen LogP contribution in [0.2, 0.25) is 0 Å². The van der Waals surface area contributed by atoms with Crippen LogP contribution in [0.3, 0.4) is 0 Å². The summed E-state index contributed by atoms with van der Waals surface area (Å²) in [5.74, 6) is 1.21. The second-order valence-electron chi connectivity index (χ2n) is 5.95. The van der Waals surface area contributed by atoms with Crippen molar-refractivity contribution in [3.63, 3.8) is 0 Å². The molecule has 7 heteroatoms. The van der Waals surface area contributed by atoms with E-state index in [4.69, 9.17) is 4.74 Å². The molecule has 0 radical (unpaired) electrons. The number of hydrogen-bond acceptors (Lipinski definition) is 7. The Labute approximate surface area is 141 Å². The van der Waals surface area contributed by atoms with Crippen molar-refractivity contribution in [1.29, 1.82) is 0 Å². The number of aliphatic hydroxyl groups is 1. The fourth-order valence-corrected chi connectivity index (χ4v) is 2.55. The Bertz CT molecular complexity index is 647. The number of hydrogen-bond donors (Lipinski definition) is 3. The van der Waals surface area contributed by atoms with E-state index in [-0.39, 0.29) is 18.8 Å². The maximum absolute atomic E-state index is 9.24. The van der Waals surface area contributed by atoms with Crippen molar-refractivity contribution in [3.05, 3.63) is 30.6 Å². The van der Waals surface area contributed by atoms with Crippen molar-refractivity contribution in [2.24, 2.45) is 0 Å². The van der Waals surface area contributed by atoms with E-state index in [0.717, 1.165) is 43.1 Å². The molecule has 7 nitrogen and oxygen atoms in total. The van der Waals surface area contributed by atoms with E-state index in [2.05, 4.69) is 25.6 Å². The number of anilines is 2. The average Bonchev–Trinajstić information content (AvgIpc) is 3.14. The fraction of sp³-hybridized carbons (Fsp3) is 0.471. The highest BCUT2D eigenvalue weighted by Crippen LogP contribution is 2.21. The zero-order valence-corrected chi connectivity index (χ0v) is 13.8. The van der Waals surface area contributed by atoms with Crippen LogP contribution in [-0.2, 0) is 4.74 Å². The Hall–Kier alpha value is -2.25. The van der Waals surface area contributed by atoms with Crippen molar-refractivity contribution in [3.8, 4) is 11.3 Å². The first kappa shape index (κ1) is 16.6. The van der Waals surface area contributed by atoms with Crippen molar-refractivity contribution in [2.75, 3.05) is 30.4 Å². The van der Waals surface area contributed by atoms with Crippen LogP contribution in [0.5, 0.6) is 0 Å². The molecular formula is C17H23N5O2. The van der Waals surface area contributed by atoms with Gasteiger partial charge in [0.1, 0.15) is 5.82 Å². The Morgan fingerprint density at radius 1 is 1.42 bits per heavy atom. The predicted molar refractivity (Wildman–Crippen MR) is 92.9 cm³/mol. The largest absolute Gasteiger partial charge is 0.394 e. The van der Waals surface area contributed by atoms with Gasteiger partial charge >= 0.3 is 0 Å². The molecule has 2 aromatic heterocycles. The molecule has 0 saturated carbocycles. The molecule has 1 aliphatic heterocycles. The summed E-state index contributed by atoms with van der Waals surface area (Å²) in [7, 11) is 0. The fourth-order valence-electron chi connectivity index (χ4n) is 2.55. The Morgan fingerprint density at radius 2 is 2.33 bits per heavy atom. The minimum Gasteiger partial charge on any atom is -0.394 e. The average molecular weight is 329 g/mol. The van der Waals surface area contributed by atoms with Crippen LogP contribution in [0.4, 0.5) is 11.8 Å². The van der Waals surface area contributed by atoms with E-state index in [0.29, 0.717) is 5.95 Å². The van der Waals surface area contributed by atoms with Gasteiger partial charge in [-0.1, -0.05) is 0 Å². The normalized spacial score (nSPS) is 18.3. The summed E-state index contributed by atoms with van der Waals surface area (Å²) in [6, 6.07) is 5.61. The molecule has 3 heterocycles. The van der Waals surface area contributed by atoms with E-state index in [1.165, 1.54) is 0 Å². The van der Waals surface area contributed by atoms with Gasteiger partial charge in [-0.25, -0.2) is 4.98 Å². The topological polar surface area (TPSA) is 92.2 Å². The lowest BCUT2D eigenvalue weighted by atomic mass is 10.2.